The molecule has 0 aliphatic heterocycles. The largest absolute Gasteiger partial charge is 0.356 e. The van der Waals surface area contributed by atoms with Crippen LogP contribution in [0.4, 0.5) is 0 Å². The number of nitrogens with zero attached hydrogens (tertiary/aromatic N) is 4. The first-order valence-corrected chi connectivity index (χ1v) is 7.67. The van der Waals surface area contributed by atoms with Gasteiger partial charge in [-0.3, -0.25) is 4.79 Å². The summed E-state index contributed by atoms with van der Waals surface area (Å²) < 4.78 is 1.79. The molecule has 1 aliphatic rings. The molecule has 1 aromatic heterocycles. The van der Waals surface area contributed by atoms with Crippen molar-refractivity contribution >= 4 is 17.7 Å². The Hall–Kier alpha value is -1.15. The second-order valence-corrected chi connectivity index (χ2v) is 5.53. The van der Waals surface area contributed by atoms with Crippen molar-refractivity contribution in [2.45, 2.75) is 43.9 Å². The Balaban J connectivity index is 1.67. The lowest BCUT2D eigenvalue weighted by Crippen LogP contribution is -2.23. The molecule has 0 aromatic carbocycles. The third-order valence-corrected chi connectivity index (χ3v) is 3.73. The third-order valence-electron chi connectivity index (χ3n) is 2.77. The maximum Gasteiger partial charge on any atom is 0.220 e. The maximum absolute atomic E-state index is 11.3. The van der Waals surface area contributed by atoms with Crippen LogP contribution in [-0.2, 0) is 11.3 Å². The molecule has 8 heteroatoms. The van der Waals surface area contributed by atoms with Gasteiger partial charge >= 0.3 is 0 Å². The molecule has 0 radical (unpaired) electrons. The van der Waals surface area contributed by atoms with Crippen molar-refractivity contribution in [3.8, 4) is 0 Å². The number of nitrogens with one attached hydrogen (secondary N) is 2. The van der Waals surface area contributed by atoms with Crippen molar-refractivity contribution in [1.29, 1.82) is 0 Å². The van der Waals surface area contributed by atoms with Gasteiger partial charge in [0.1, 0.15) is 0 Å². The van der Waals surface area contributed by atoms with Crippen LogP contribution >= 0.6 is 11.8 Å². The molecular weight excluding hydrogens is 264 g/mol. The average Bonchev–Trinajstić information content (AvgIpc) is 3.10. The van der Waals surface area contributed by atoms with Crippen LogP contribution in [0.3, 0.4) is 0 Å². The van der Waals surface area contributed by atoms with Crippen LogP contribution in [0.25, 0.3) is 0 Å². The van der Waals surface area contributed by atoms with E-state index in [9.17, 15) is 4.79 Å². The van der Waals surface area contributed by atoms with Crippen molar-refractivity contribution in [3.05, 3.63) is 0 Å². The van der Waals surface area contributed by atoms with Crippen LogP contribution in [0.1, 0.15) is 26.2 Å². The fourth-order valence-electron chi connectivity index (χ4n) is 1.62. The molecule has 106 valence electrons. The Labute approximate surface area is 116 Å². The first kappa shape index (κ1) is 14.3. The van der Waals surface area contributed by atoms with Gasteiger partial charge in [-0.15, -0.1) is 5.10 Å². The Morgan fingerprint density at radius 3 is 3.11 bits per heavy atom. The summed E-state index contributed by atoms with van der Waals surface area (Å²) in [6, 6.07) is 0.699. The maximum atomic E-state index is 11.3. The van der Waals surface area contributed by atoms with E-state index in [-0.39, 0.29) is 5.91 Å². The smallest absolute Gasteiger partial charge is 0.220 e. The number of carbonyl (C=O) groups excluding carboxylic acids is 1. The number of carbonyl (C=O) groups is 1. The Morgan fingerprint density at radius 2 is 2.37 bits per heavy atom. The minimum absolute atomic E-state index is 0.0735. The summed E-state index contributed by atoms with van der Waals surface area (Å²) in [5.74, 6) is 0.770. The molecule has 1 saturated carbocycles. The van der Waals surface area contributed by atoms with Crippen molar-refractivity contribution in [2.75, 3.05) is 18.8 Å². The highest BCUT2D eigenvalue weighted by molar-refractivity contribution is 7.99. The zero-order valence-corrected chi connectivity index (χ0v) is 11.9. The molecule has 0 unspecified atom stereocenters. The van der Waals surface area contributed by atoms with E-state index in [4.69, 9.17) is 0 Å². The summed E-state index contributed by atoms with van der Waals surface area (Å²) in [4.78, 5) is 11.3. The fraction of sp³-hybridized carbons (Fsp3) is 0.818. The van der Waals surface area contributed by atoms with Crippen molar-refractivity contribution in [3.63, 3.8) is 0 Å². The zero-order chi connectivity index (χ0) is 13.5. The topological polar surface area (TPSA) is 84.7 Å². The molecule has 0 spiro atoms. The standard InChI is InChI=1S/C11H20N6OS/c1-2-12-10(18)5-8-19-11-14-15-16-17(11)7-6-13-9-3-4-9/h9,13H,2-8H2,1H3,(H,12,18). The van der Waals surface area contributed by atoms with E-state index >= 15 is 0 Å². The van der Waals surface area contributed by atoms with E-state index < -0.39 is 0 Å². The lowest BCUT2D eigenvalue weighted by molar-refractivity contribution is -0.120. The van der Waals surface area contributed by atoms with E-state index in [1.165, 1.54) is 24.6 Å². The number of hydrogen-bond donors (Lipinski definition) is 2. The number of tetrazole rings is 1. The molecule has 2 rings (SSSR count). The molecule has 0 atom stereocenters. The third kappa shape index (κ3) is 5.15. The van der Waals surface area contributed by atoms with Gasteiger partial charge < -0.3 is 10.6 Å². The lowest BCUT2D eigenvalue weighted by atomic mass is 10.4. The van der Waals surface area contributed by atoms with Gasteiger partial charge in [-0.2, -0.15) is 0 Å². The summed E-state index contributed by atoms with van der Waals surface area (Å²) in [5, 5.41) is 18.6. The molecule has 2 N–H and O–H groups in total. The summed E-state index contributed by atoms with van der Waals surface area (Å²) >= 11 is 1.52. The quantitative estimate of drug-likeness (QED) is 0.623. The van der Waals surface area contributed by atoms with Crippen LogP contribution in [0.2, 0.25) is 0 Å². The summed E-state index contributed by atoms with van der Waals surface area (Å²) in [6.07, 6.45) is 3.05. The first-order valence-electron chi connectivity index (χ1n) is 6.68. The highest BCUT2D eigenvalue weighted by atomic mass is 32.2. The van der Waals surface area contributed by atoms with Crippen LogP contribution in [0.15, 0.2) is 5.16 Å². The van der Waals surface area contributed by atoms with Gasteiger partial charge in [-0.1, -0.05) is 11.8 Å². The number of thioether (sulfide) groups is 1. The van der Waals surface area contributed by atoms with Crippen LogP contribution < -0.4 is 10.6 Å². The van der Waals surface area contributed by atoms with Gasteiger partial charge in [-0.05, 0) is 30.2 Å². The molecule has 1 aliphatic carbocycles. The molecule has 1 heterocycles. The number of rotatable bonds is 9. The highest BCUT2D eigenvalue weighted by Gasteiger charge is 2.20. The molecule has 19 heavy (non-hydrogen) atoms. The second kappa shape index (κ2) is 7.44. The molecule has 1 amide bonds. The highest BCUT2D eigenvalue weighted by Crippen LogP contribution is 2.18. The summed E-state index contributed by atoms with van der Waals surface area (Å²) in [7, 11) is 0. The molecule has 1 fully saturated rings. The SMILES string of the molecule is CCNC(=O)CCSc1nnnn1CCNC1CC1. The summed E-state index contributed by atoms with van der Waals surface area (Å²) in [5.41, 5.74) is 0. The average molecular weight is 284 g/mol. The van der Waals surface area contributed by atoms with E-state index in [0.717, 1.165) is 18.2 Å². The van der Waals surface area contributed by atoms with Gasteiger partial charge in [0.25, 0.3) is 0 Å². The van der Waals surface area contributed by atoms with E-state index in [0.29, 0.717) is 24.8 Å². The van der Waals surface area contributed by atoms with E-state index in [1.807, 2.05) is 6.92 Å². The predicted molar refractivity (Wildman–Crippen MR) is 72.9 cm³/mol. The molecular formula is C11H20N6OS. The predicted octanol–water partition coefficient (Wildman–Crippen LogP) is 0.0434. The van der Waals surface area contributed by atoms with Crippen LogP contribution in [-0.4, -0.2) is 51.0 Å². The Kier molecular flexibility index (Phi) is 5.59. The monoisotopic (exact) mass is 284 g/mol. The molecule has 7 nitrogen and oxygen atoms in total. The normalized spacial score (nSPS) is 14.6. The van der Waals surface area contributed by atoms with Crippen molar-refractivity contribution in [2.24, 2.45) is 0 Å². The van der Waals surface area contributed by atoms with Gasteiger partial charge in [0.15, 0.2) is 0 Å². The Bertz CT molecular complexity index is 406. The minimum Gasteiger partial charge on any atom is -0.356 e. The molecule has 1 aromatic rings. The minimum atomic E-state index is 0.0735. The molecule has 0 bridgehead atoms. The summed E-state index contributed by atoms with van der Waals surface area (Å²) in [6.45, 7) is 4.25. The van der Waals surface area contributed by atoms with Gasteiger partial charge in [0.05, 0.1) is 6.54 Å². The number of amides is 1. The lowest BCUT2D eigenvalue weighted by Gasteiger charge is -2.05. The first-order chi connectivity index (χ1) is 9.29. The van der Waals surface area contributed by atoms with Gasteiger partial charge in [0, 0.05) is 31.3 Å². The number of hydrogen-bond acceptors (Lipinski definition) is 6. The fourth-order valence-corrected chi connectivity index (χ4v) is 2.46. The number of aromatic nitrogens is 4. The Morgan fingerprint density at radius 1 is 1.53 bits per heavy atom. The van der Waals surface area contributed by atoms with Crippen LogP contribution in [0.5, 0.6) is 0 Å². The van der Waals surface area contributed by atoms with E-state index in [1.54, 1.807) is 4.68 Å². The zero-order valence-electron chi connectivity index (χ0n) is 11.1. The van der Waals surface area contributed by atoms with Crippen molar-refractivity contribution in [1.82, 2.24) is 30.8 Å². The van der Waals surface area contributed by atoms with E-state index in [2.05, 4.69) is 26.2 Å². The van der Waals surface area contributed by atoms with Crippen molar-refractivity contribution < 1.29 is 4.79 Å². The van der Waals surface area contributed by atoms with Gasteiger partial charge in [-0.25, -0.2) is 4.68 Å². The van der Waals surface area contributed by atoms with Crippen LogP contribution in [0, 0.1) is 0 Å². The second-order valence-electron chi connectivity index (χ2n) is 4.46. The van der Waals surface area contributed by atoms with Gasteiger partial charge in [0.2, 0.25) is 11.1 Å². The molecule has 0 saturated heterocycles.